The average molecular weight is 393 g/mol. The Morgan fingerprint density at radius 3 is 1.86 bits per heavy atom. The maximum absolute atomic E-state index is 12.6. The maximum Gasteiger partial charge on any atom is 0.327 e. The lowest BCUT2D eigenvalue weighted by Gasteiger charge is -2.26. The number of carbonyl (C=O) groups is 4. The Morgan fingerprint density at radius 2 is 1.46 bits per heavy atom. The van der Waals surface area contributed by atoms with Crippen LogP contribution in [0.25, 0.3) is 0 Å². The second kappa shape index (κ2) is 15.4. The molecule has 1 unspecified atom stereocenters. The molecule has 7 nitrogen and oxygen atoms in total. The van der Waals surface area contributed by atoms with Gasteiger partial charge in [-0.25, -0.2) is 4.79 Å². The Bertz CT molecular complexity index is 564. The van der Waals surface area contributed by atoms with E-state index in [-0.39, 0.29) is 19.4 Å². The van der Waals surface area contributed by atoms with E-state index in [0.29, 0.717) is 17.7 Å². The first-order valence-electron chi connectivity index (χ1n) is 9.53. The van der Waals surface area contributed by atoms with Gasteiger partial charge in [0, 0.05) is 12.8 Å². The molecular formula is C21H31NO6. The molecule has 0 aliphatic heterocycles. The van der Waals surface area contributed by atoms with Crippen LogP contribution in [0.5, 0.6) is 0 Å². The Morgan fingerprint density at radius 1 is 0.964 bits per heavy atom. The highest BCUT2D eigenvalue weighted by Gasteiger charge is 2.35. The average Bonchev–Trinajstić information content (AvgIpc) is 2.66. The van der Waals surface area contributed by atoms with Crippen LogP contribution in [0.4, 0.5) is 0 Å². The number of nitrogens with zero attached hydrogens (tertiary/aromatic N) is 1. The van der Waals surface area contributed by atoms with E-state index in [0.717, 1.165) is 12.8 Å². The lowest BCUT2D eigenvalue weighted by molar-refractivity contribution is -0.161. The van der Waals surface area contributed by atoms with Crippen molar-refractivity contribution in [2.75, 3.05) is 6.61 Å². The summed E-state index contributed by atoms with van der Waals surface area (Å²) in [6.07, 6.45) is 10.5. The van der Waals surface area contributed by atoms with Crippen molar-refractivity contribution in [3.05, 3.63) is 37.0 Å². The number of carbonyl (C=O) groups excluding carboxylic acids is 3. The van der Waals surface area contributed by atoms with Gasteiger partial charge in [0.1, 0.15) is 12.6 Å². The molecule has 0 saturated carbocycles. The molecule has 2 amide bonds. The highest BCUT2D eigenvalue weighted by atomic mass is 16.5. The van der Waals surface area contributed by atoms with Gasteiger partial charge >= 0.3 is 11.9 Å². The number of aliphatic carboxylic acids is 1. The van der Waals surface area contributed by atoms with E-state index in [4.69, 9.17) is 4.74 Å². The fourth-order valence-corrected chi connectivity index (χ4v) is 2.37. The van der Waals surface area contributed by atoms with Crippen molar-refractivity contribution in [1.82, 2.24) is 4.90 Å². The highest BCUT2D eigenvalue weighted by molar-refractivity contribution is 6.00. The zero-order valence-corrected chi connectivity index (χ0v) is 16.8. The summed E-state index contributed by atoms with van der Waals surface area (Å²) in [5.74, 6) is -3.47. The fourth-order valence-electron chi connectivity index (χ4n) is 2.37. The van der Waals surface area contributed by atoms with E-state index < -0.39 is 36.2 Å². The Kier molecular flexibility index (Phi) is 13.9. The lowest BCUT2D eigenvalue weighted by atomic mass is 10.1. The minimum Gasteiger partial charge on any atom is -0.480 e. The van der Waals surface area contributed by atoms with Gasteiger partial charge in [0.05, 0.1) is 6.42 Å². The number of hydrogen-bond donors (Lipinski definition) is 1. The zero-order chi connectivity index (χ0) is 21.4. The first-order chi connectivity index (χ1) is 13.4. The van der Waals surface area contributed by atoms with Gasteiger partial charge in [-0.2, -0.15) is 0 Å². The van der Waals surface area contributed by atoms with E-state index in [9.17, 15) is 24.3 Å². The summed E-state index contributed by atoms with van der Waals surface area (Å²) in [5.41, 5.74) is 0. The third-order valence-electron chi connectivity index (χ3n) is 3.71. The van der Waals surface area contributed by atoms with Crippen LogP contribution in [0.15, 0.2) is 37.0 Å². The normalized spacial score (nSPS) is 12.1. The number of imide groups is 1. The van der Waals surface area contributed by atoms with E-state index >= 15 is 0 Å². The van der Waals surface area contributed by atoms with E-state index in [1.807, 2.05) is 26.0 Å². The molecule has 28 heavy (non-hydrogen) atoms. The second-order valence-corrected chi connectivity index (χ2v) is 6.02. The molecule has 1 N–H and O–H groups in total. The number of allylic oxidation sites excluding steroid dienone is 4. The SMILES string of the molecule is C=CCOC(=O)CC(C(=O)O)N(C(=O)CC/C=C/CC)C(=O)CC/C=C/CC. The first kappa shape index (κ1) is 25.3. The molecule has 0 spiro atoms. The van der Waals surface area contributed by atoms with Gasteiger partial charge in [0.25, 0.3) is 0 Å². The van der Waals surface area contributed by atoms with Crippen LogP contribution in [0, 0.1) is 0 Å². The van der Waals surface area contributed by atoms with Crippen molar-refractivity contribution < 1.29 is 29.0 Å². The number of esters is 1. The molecule has 0 heterocycles. The van der Waals surface area contributed by atoms with Crippen LogP contribution in [0.2, 0.25) is 0 Å². The minimum absolute atomic E-state index is 0.0154. The molecule has 0 aromatic rings. The van der Waals surface area contributed by atoms with Gasteiger partial charge in [-0.3, -0.25) is 19.3 Å². The predicted molar refractivity (Wildman–Crippen MR) is 106 cm³/mol. The molecular weight excluding hydrogens is 362 g/mol. The Hall–Kier alpha value is -2.70. The summed E-state index contributed by atoms with van der Waals surface area (Å²) in [4.78, 5) is 49.5. The Labute approximate surface area is 166 Å². The van der Waals surface area contributed by atoms with Crippen LogP contribution in [0.1, 0.15) is 58.8 Å². The third-order valence-corrected chi connectivity index (χ3v) is 3.71. The van der Waals surface area contributed by atoms with Crippen molar-refractivity contribution in [2.24, 2.45) is 0 Å². The molecule has 0 fully saturated rings. The summed E-state index contributed by atoms with van der Waals surface area (Å²) in [5, 5.41) is 9.53. The maximum atomic E-state index is 12.6. The minimum atomic E-state index is -1.59. The van der Waals surface area contributed by atoms with E-state index in [1.54, 1.807) is 12.2 Å². The summed E-state index contributed by atoms with van der Waals surface area (Å²) < 4.78 is 4.82. The van der Waals surface area contributed by atoms with Gasteiger partial charge in [0.2, 0.25) is 11.8 Å². The van der Waals surface area contributed by atoms with Crippen LogP contribution >= 0.6 is 0 Å². The topological polar surface area (TPSA) is 101 Å². The number of amides is 2. The number of rotatable bonds is 14. The molecule has 1 atom stereocenters. The van der Waals surface area contributed by atoms with Crippen molar-refractivity contribution in [1.29, 1.82) is 0 Å². The quantitative estimate of drug-likeness (QED) is 0.358. The molecule has 0 aromatic heterocycles. The number of carboxylic acids is 1. The van der Waals surface area contributed by atoms with Gasteiger partial charge in [-0.1, -0.05) is 50.8 Å². The largest absolute Gasteiger partial charge is 0.480 e. The monoisotopic (exact) mass is 393 g/mol. The molecule has 0 saturated heterocycles. The summed E-state index contributed by atoms with van der Waals surface area (Å²) in [6, 6.07) is -1.59. The van der Waals surface area contributed by atoms with Crippen molar-refractivity contribution >= 4 is 23.8 Å². The van der Waals surface area contributed by atoms with Crippen LogP contribution in [-0.4, -0.2) is 46.4 Å². The van der Waals surface area contributed by atoms with E-state index in [1.165, 1.54) is 6.08 Å². The predicted octanol–water partition coefficient (Wildman–Crippen LogP) is 3.41. The molecule has 156 valence electrons. The van der Waals surface area contributed by atoms with Crippen LogP contribution in [-0.2, 0) is 23.9 Å². The molecule has 0 bridgehead atoms. The van der Waals surface area contributed by atoms with E-state index in [2.05, 4.69) is 6.58 Å². The van der Waals surface area contributed by atoms with Gasteiger partial charge in [-0.15, -0.1) is 0 Å². The highest BCUT2D eigenvalue weighted by Crippen LogP contribution is 2.14. The third kappa shape index (κ3) is 10.4. The molecule has 0 aromatic carbocycles. The van der Waals surface area contributed by atoms with Crippen molar-refractivity contribution in [3.63, 3.8) is 0 Å². The molecule has 0 aliphatic carbocycles. The molecule has 0 radical (unpaired) electrons. The number of ether oxygens (including phenoxy) is 1. The summed E-state index contributed by atoms with van der Waals surface area (Å²) >= 11 is 0. The van der Waals surface area contributed by atoms with Gasteiger partial charge < -0.3 is 9.84 Å². The van der Waals surface area contributed by atoms with Crippen molar-refractivity contribution in [3.8, 4) is 0 Å². The number of carboxylic acid groups (broad SMARTS) is 1. The first-order valence-corrected chi connectivity index (χ1v) is 9.53. The Balaban J connectivity index is 5.38. The number of hydrogen-bond acceptors (Lipinski definition) is 5. The molecule has 7 heteroatoms. The molecule has 0 rings (SSSR count). The van der Waals surface area contributed by atoms with Crippen LogP contribution in [0.3, 0.4) is 0 Å². The standard InChI is InChI=1S/C21H31NO6/c1-4-7-9-11-13-18(23)22(19(24)14-12-10-8-5-2)17(21(26)27)16-20(25)28-15-6-3/h6-10,17H,3-5,11-16H2,1-2H3,(H,26,27)/b9-7+,10-8+. The lowest BCUT2D eigenvalue weighted by Crippen LogP contribution is -2.49. The summed E-state index contributed by atoms with van der Waals surface area (Å²) in [7, 11) is 0. The van der Waals surface area contributed by atoms with Gasteiger partial charge in [0.15, 0.2) is 0 Å². The molecule has 0 aliphatic rings. The smallest absolute Gasteiger partial charge is 0.327 e. The van der Waals surface area contributed by atoms with Crippen molar-refractivity contribution in [2.45, 2.75) is 64.8 Å². The fraction of sp³-hybridized carbons (Fsp3) is 0.524. The van der Waals surface area contributed by atoms with Crippen LogP contribution < -0.4 is 0 Å². The summed E-state index contributed by atoms with van der Waals surface area (Å²) in [6.45, 7) is 7.24. The second-order valence-electron chi connectivity index (χ2n) is 6.02. The zero-order valence-electron chi connectivity index (χ0n) is 16.8. The van der Waals surface area contributed by atoms with Gasteiger partial charge in [-0.05, 0) is 25.7 Å².